The van der Waals surface area contributed by atoms with Crippen molar-refractivity contribution in [3.63, 3.8) is 0 Å². The van der Waals surface area contributed by atoms with Gasteiger partial charge >= 0.3 is 5.97 Å². The minimum absolute atomic E-state index is 0.0410. The van der Waals surface area contributed by atoms with E-state index < -0.39 is 11.9 Å². The monoisotopic (exact) mass is 239 g/mol. The molecule has 0 bridgehead atoms. The molecule has 2 aliphatic rings. The Morgan fingerprint density at radius 1 is 1.24 bits per heavy atom. The first-order valence-corrected chi connectivity index (χ1v) is 6.30. The second-order valence-corrected chi connectivity index (χ2v) is 6.30. The van der Waals surface area contributed by atoms with Gasteiger partial charge in [-0.1, -0.05) is 20.8 Å². The van der Waals surface area contributed by atoms with Gasteiger partial charge in [-0.15, -0.1) is 0 Å². The molecule has 0 aromatic rings. The summed E-state index contributed by atoms with van der Waals surface area (Å²) in [7, 11) is 0. The largest absolute Gasteiger partial charge is 0.481 e. The molecule has 4 unspecified atom stereocenters. The number of carbonyl (C=O) groups is 2. The third kappa shape index (κ3) is 1.83. The predicted molar refractivity (Wildman–Crippen MR) is 63.4 cm³/mol. The standard InChI is InChI=1S/C13H21NO3/c1-7-5-8(2)14(6-7)11(15)9-10(12(16)17)13(9,3)4/h7-10H,5-6H2,1-4H3,(H,16,17). The molecule has 2 rings (SSSR count). The summed E-state index contributed by atoms with van der Waals surface area (Å²) < 4.78 is 0. The van der Waals surface area contributed by atoms with Crippen LogP contribution in [0.1, 0.15) is 34.1 Å². The summed E-state index contributed by atoms with van der Waals surface area (Å²) in [4.78, 5) is 25.3. The Bertz CT molecular complexity index is 364. The molecule has 0 aromatic heterocycles. The fraction of sp³-hybridized carbons (Fsp3) is 0.846. The number of rotatable bonds is 2. The van der Waals surface area contributed by atoms with Crippen LogP contribution < -0.4 is 0 Å². The molecular weight excluding hydrogens is 218 g/mol. The molecule has 1 amide bonds. The zero-order chi connectivity index (χ0) is 13.0. The van der Waals surface area contributed by atoms with Crippen molar-refractivity contribution in [1.29, 1.82) is 0 Å². The number of carboxylic acid groups (broad SMARTS) is 1. The van der Waals surface area contributed by atoms with Crippen LogP contribution in [0.25, 0.3) is 0 Å². The van der Waals surface area contributed by atoms with Crippen molar-refractivity contribution in [2.45, 2.75) is 40.2 Å². The topological polar surface area (TPSA) is 57.6 Å². The van der Waals surface area contributed by atoms with Crippen molar-refractivity contribution in [3.8, 4) is 0 Å². The summed E-state index contributed by atoms with van der Waals surface area (Å²) in [6.45, 7) is 8.71. The Morgan fingerprint density at radius 2 is 1.82 bits per heavy atom. The third-order valence-corrected chi connectivity index (χ3v) is 4.43. The van der Waals surface area contributed by atoms with Gasteiger partial charge in [0.05, 0.1) is 11.8 Å². The van der Waals surface area contributed by atoms with Crippen LogP contribution in [-0.4, -0.2) is 34.5 Å². The maximum absolute atomic E-state index is 12.4. The first-order chi connectivity index (χ1) is 7.76. The fourth-order valence-corrected chi connectivity index (χ4v) is 3.35. The molecule has 17 heavy (non-hydrogen) atoms. The van der Waals surface area contributed by atoms with Gasteiger partial charge in [0, 0.05) is 12.6 Å². The van der Waals surface area contributed by atoms with Gasteiger partial charge in [0.15, 0.2) is 0 Å². The van der Waals surface area contributed by atoms with E-state index >= 15 is 0 Å². The van der Waals surface area contributed by atoms with Gasteiger partial charge in [0.1, 0.15) is 0 Å². The van der Waals surface area contributed by atoms with Gasteiger partial charge in [-0.25, -0.2) is 0 Å². The molecule has 1 heterocycles. The number of hydrogen-bond acceptors (Lipinski definition) is 2. The summed E-state index contributed by atoms with van der Waals surface area (Å²) in [5.74, 6) is -1.10. The van der Waals surface area contributed by atoms with E-state index in [0.29, 0.717) is 5.92 Å². The molecule has 4 heteroatoms. The molecule has 4 nitrogen and oxygen atoms in total. The van der Waals surface area contributed by atoms with E-state index in [1.165, 1.54) is 0 Å². The lowest BCUT2D eigenvalue weighted by atomic mass is 10.1. The molecule has 1 saturated heterocycles. The number of hydrogen-bond donors (Lipinski definition) is 1. The molecular formula is C13H21NO3. The third-order valence-electron chi connectivity index (χ3n) is 4.43. The number of carbonyl (C=O) groups excluding carboxylic acids is 1. The molecule has 0 aromatic carbocycles. The van der Waals surface area contributed by atoms with Crippen LogP contribution >= 0.6 is 0 Å². The number of carboxylic acids is 1. The van der Waals surface area contributed by atoms with Crippen LogP contribution in [0.4, 0.5) is 0 Å². The molecule has 96 valence electrons. The van der Waals surface area contributed by atoms with E-state index in [2.05, 4.69) is 6.92 Å². The second kappa shape index (κ2) is 3.72. The van der Waals surface area contributed by atoms with Crippen molar-refractivity contribution in [2.24, 2.45) is 23.2 Å². The van der Waals surface area contributed by atoms with E-state index in [1.807, 2.05) is 25.7 Å². The number of amides is 1. The van der Waals surface area contributed by atoms with Gasteiger partial charge in [-0.05, 0) is 24.7 Å². The van der Waals surface area contributed by atoms with Crippen LogP contribution in [0, 0.1) is 23.2 Å². The van der Waals surface area contributed by atoms with Gasteiger partial charge in [0.25, 0.3) is 0 Å². The molecule has 2 fully saturated rings. The molecule has 0 spiro atoms. The number of aliphatic carboxylic acids is 1. The second-order valence-electron chi connectivity index (χ2n) is 6.30. The quantitative estimate of drug-likeness (QED) is 0.796. The van der Waals surface area contributed by atoms with Gasteiger partial charge in [0.2, 0.25) is 5.91 Å². The number of nitrogens with zero attached hydrogens (tertiary/aromatic N) is 1. The lowest BCUT2D eigenvalue weighted by Gasteiger charge is -2.22. The molecule has 1 aliphatic heterocycles. The van der Waals surface area contributed by atoms with E-state index in [9.17, 15) is 9.59 Å². The SMILES string of the molecule is CC1CC(C)N(C(=O)C2C(C(=O)O)C2(C)C)C1. The molecule has 1 saturated carbocycles. The molecule has 0 radical (unpaired) electrons. The van der Waals surface area contributed by atoms with E-state index in [4.69, 9.17) is 5.11 Å². The highest BCUT2D eigenvalue weighted by atomic mass is 16.4. The lowest BCUT2D eigenvalue weighted by molar-refractivity contribution is -0.142. The minimum atomic E-state index is -0.840. The fourth-order valence-electron chi connectivity index (χ4n) is 3.35. The van der Waals surface area contributed by atoms with Crippen molar-refractivity contribution in [3.05, 3.63) is 0 Å². The van der Waals surface area contributed by atoms with Gasteiger partial charge < -0.3 is 10.0 Å². The number of likely N-dealkylation sites (tertiary alicyclic amines) is 1. The summed E-state index contributed by atoms with van der Waals surface area (Å²) in [5, 5.41) is 9.10. The van der Waals surface area contributed by atoms with Crippen LogP contribution in [0.3, 0.4) is 0 Å². The molecule has 4 atom stereocenters. The Labute approximate surface area is 102 Å². The van der Waals surface area contributed by atoms with Crippen LogP contribution in [0.5, 0.6) is 0 Å². The van der Waals surface area contributed by atoms with Crippen molar-refractivity contribution < 1.29 is 14.7 Å². The van der Waals surface area contributed by atoms with Gasteiger partial charge in [-0.3, -0.25) is 9.59 Å². The van der Waals surface area contributed by atoms with Gasteiger partial charge in [-0.2, -0.15) is 0 Å². The maximum Gasteiger partial charge on any atom is 0.307 e. The predicted octanol–water partition coefficient (Wildman–Crippen LogP) is 1.60. The maximum atomic E-state index is 12.4. The summed E-state index contributed by atoms with van der Waals surface area (Å²) in [6.07, 6.45) is 1.02. The molecule has 1 N–H and O–H groups in total. The normalized spacial score (nSPS) is 39.2. The van der Waals surface area contributed by atoms with Crippen molar-refractivity contribution in [1.82, 2.24) is 4.90 Å². The van der Waals surface area contributed by atoms with Crippen LogP contribution in [-0.2, 0) is 9.59 Å². The summed E-state index contributed by atoms with van der Waals surface area (Å²) in [6, 6.07) is 0.253. The van der Waals surface area contributed by atoms with Crippen LogP contribution in [0.15, 0.2) is 0 Å². The van der Waals surface area contributed by atoms with Crippen LogP contribution in [0.2, 0.25) is 0 Å². The van der Waals surface area contributed by atoms with Crippen molar-refractivity contribution in [2.75, 3.05) is 6.54 Å². The van der Waals surface area contributed by atoms with Crippen molar-refractivity contribution >= 4 is 11.9 Å². The van der Waals surface area contributed by atoms with E-state index in [0.717, 1.165) is 13.0 Å². The highest BCUT2D eigenvalue weighted by Gasteiger charge is 2.67. The summed E-state index contributed by atoms with van der Waals surface area (Å²) >= 11 is 0. The minimum Gasteiger partial charge on any atom is -0.481 e. The zero-order valence-corrected chi connectivity index (χ0v) is 10.9. The lowest BCUT2D eigenvalue weighted by Crippen LogP contribution is -2.36. The first-order valence-electron chi connectivity index (χ1n) is 6.30. The highest BCUT2D eigenvalue weighted by molar-refractivity contribution is 5.92. The first kappa shape index (κ1) is 12.4. The Balaban J connectivity index is 2.10. The Kier molecular flexibility index (Phi) is 2.71. The average Bonchev–Trinajstić information content (AvgIpc) is 2.60. The highest BCUT2D eigenvalue weighted by Crippen LogP contribution is 2.59. The Hall–Kier alpha value is -1.06. The molecule has 1 aliphatic carbocycles. The zero-order valence-electron chi connectivity index (χ0n) is 10.9. The average molecular weight is 239 g/mol. The van der Waals surface area contributed by atoms with E-state index in [-0.39, 0.29) is 23.3 Å². The Morgan fingerprint density at radius 3 is 2.18 bits per heavy atom. The van der Waals surface area contributed by atoms with E-state index in [1.54, 1.807) is 0 Å². The summed E-state index contributed by atoms with van der Waals surface area (Å²) in [5.41, 5.74) is -0.380. The smallest absolute Gasteiger partial charge is 0.307 e.